The van der Waals surface area contributed by atoms with Crippen LogP contribution >= 0.6 is 15.9 Å². The Labute approximate surface area is 122 Å². The van der Waals surface area contributed by atoms with E-state index in [-0.39, 0.29) is 17.5 Å². The van der Waals surface area contributed by atoms with E-state index in [4.69, 9.17) is 4.74 Å². The molecule has 0 saturated heterocycles. The Balaban J connectivity index is 1.87. The first-order chi connectivity index (χ1) is 8.85. The first-order valence-corrected chi connectivity index (χ1v) is 7.57. The monoisotopic (exact) mass is 328 g/mol. The third-order valence-corrected chi connectivity index (χ3v) is 3.79. The third-order valence-electron chi connectivity index (χ3n) is 3.38. The van der Waals surface area contributed by atoms with Crippen molar-refractivity contribution in [2.75, 3.05) is 0 Å². The van der Waals surface area contributed by atoms with Crippen LogP contribution in [0.15, 0.2) is 16.9 Å². The average molecular weight is 329 g/mol. The smallest absolute Gasteiger partial charge is 0.309 e. The average Bonchev–Trinajstić information content (AvgIpc) is 2.74. The maximum atomic E-state index is 12.0. The molecule has 1 aliphatic rings. The van der Waals surface area contributed by atoms with Crippen LogP contribution in [-0.4, -0.2) is 21.4 Å². The predicted octanol–water partition coefficient (Wildman–Crippen LogP) is 3.72. The van der Waals surface area contributed by atoms with Gasteiger partial charge in [-0.05, 0) is 62.4 Å². The van der Waals surface area contributed by atoms with E-state index in [1.807, 2.05) is 31.6 Å². The van der Waals surface area contributed by atoms with Gasteiger partial charge in [-0.25, -0.2) is 0 Å². The number of carbonyl (C=O) groups is 1. The summed E-state index contributed by atoms with van der Waals surface area (Å²) in [7, 11) is 0. The van der Waals surface area contributed by atoms with Crippen LogP contribution in [0.3, 0.4) is 0 Å². The molecule has 2 rings (SSSR count). The minimum atomic E-state index is -0.388. The first-order valence-electron chi connectivity index (χ1n) is 6.77. The summed E-state index contributed by atoms with van der Waals surface area (Å²) < 4.78 is 8.45. The van der Waals surface area contributed by atoms with E-state index < -0.39 is 0 Å². The number of halogens is 1. The fraction of sp³-hybridized carbons (Fsp3) is 0.714. The van der Waals surface area contributed by atoms with E-state index in [9.17, 15) is 4.79 Å². The standard InChI is InChI=1S/C14H21BrN2O2/c1-14(2,3)19-13(18)10-4-6-12(7-5-10)17-9-11(15)8-16-17/h8-10,12H,4-7H2,1-3H3. The lowest BCUT2D eigenvalue weighted by Crippen LogP contribution is -2.31. The van der Waals surface area contributed by atoms with Crippen molar-refractivity contribution < 1.29 is 9.53 Å². The van der Waals surface area contributed by atoms with Gasteiger partial charge < -0.3 is 4.74 Å². The van der Waals surface area contributed by atoms with Crippen molar-refractivity contribution in [2.45, 2.75) is 58.1 Å². The van der Waals surface area contributed by atoms with Crippen LogP contribution in [0.1, 0.15) is 52.5 Å². The van der Waals surface area contributed by atoms with E-state index in [0.29, 0.717) is 6.04 Å². The zero-order valence-electron chi connectivity index (χ0n) is 11.7. The summed E-state index contributed by atoms with van der Waals surface area (Å²) in [5, 5.41) is 4.32. The maximum absolute atomic E-state index is 12.0. The first kappa shape index (κ1) is 14.6. The van der Waals surface area contributed by atoms with Crippen LogP contribution in [0.4, 0.5) is 0 Å². The van der Waals surface area contributed by atoms with Crippen molar-refractivity contribution in [3.8, 4) is 0 Å². The summed E-state index contributed by atoms with van der Waals surface area (Å²) in [6.45, 7) is 5.74. The molecule has 1 aromatic rings. The lowest BCUT2D eigenvalue weighted by Gasteiger charge is -2.29. The molecule has 1 heterocycles. The third kappa shape index (κ3) is 4.06. The summed E-state index contributed by atoms with van der Waals surface area (Å²) in [4.78, 5) is 12.0. The van der Waals surface area contributed by atoms with Gasteiger partial charge in [0.05, 0.1) is 22.6 Å². The Morgan fingerprint density at radius 1 is 1.37 bits per heavy atom. The van der Waals surface area contributed by atoms with Crippen molar-refractivity contribution in [1.29, 1.82) is 0 Å². The quantitative estimate of drug-likeness (QED) is 0.777. The largest absolute Gasteiger partial charge is 0.460 e. The van der Waals surface area contributed by atoms with Crippen LogP contribution in [-0.2, 0) is 9.53 Å². The highest BCUT2D eigenvalue weighted by atomic mass is 79.9. The van der Waals surface area contributed by atoms with Crippen LogP contribution < -0.4 is 0 Å². The highest BCUT2D eigenvalue weighted by molar-refractivity contribution is 9.10. The van der Waals surface area contributed by atoms with Crippen molar-refractivity contribution >= 4 is 21.9 Å². The van der Waals surface area contributed by atoms with E-state index in [1.54, 1.807) is 6.20 Å². The lowest BCUT2D eigenvalue weighted by atomic mass is 9.86. The molecule has 19 heavy (non-hydrogen) atoms. The van der Waals surface area contributed by atoms with Crippen molar-refractivity contribution in [2.24, 2.45) is 5.92 Å². The number of carbonyl (C=O) groups excluding carboxylic acids is 1. The molecule has 1 aromatic heterocycles. The second-order valence-corrected chi connectivity index (χ2v) is 7.09. The van der Waals surface area contributed by atoms with Gasteiger partial charge in [-0.3, -0.25) is 9.48 Å². The highest BCUT2D eigenvalue weighted by Gasteiger charge is 2.30. The summed E-state index contributed by atoms with van der Waals surface area (Å²) in [6.07, 6.45) is 7.54. The zero-order valence-corrected chi connectivity index (χ0v) is 13.3. The van der Waals surface area contributed by atoms with Crippen LogP contribution in [0.25, 0.3) is 0 Å². The molecular weight excluding hydrogens is 308 g/mol. The Kier molecular flexibility index (Phi) is 4.33. The second kappa shape index (κ2) is 5.65. The Bertz CT molecular complexity index is 443. The molecule has 5 heteroatoms. The number of hydrogen-bond donors (Lipinski definition) is 0. The second-order valence-electron chi connectivity index (χ2n) is 6.18. The highest BCUT2D eigenvalue weighted by Crippen LogP contribution is 2.33. The van der Waals surface area contributed by atoms with Gasteiger partial charge in [-0.1, -0.05) is 0 Å². The molecule has 1 fully saturated rings. The van der Waals surface area contributed by atoms with E-state index in [0.717, 1.165) is 30.2 Å². The molecule has 106 valence electrons. The molecule has 0 N–H and O–H groups in total. The fourth-order valence-electron chi connectivity index (χ4n) is 2.48. The number of aromatic nitrogens is 2. The van der Waals surface area contributed by atoms with Gasteiger partial charge in [0.25, 0.3) is 0 Å². The molecule has 0 spiro atoms. The summed E-state index contributed by atoms with van der Waals surface area (Å²) in [5.41, 5.74) is -0.388. The Morgan fingerprint density at radius 2 is 2.00 bits per heavy atom. The normalized spacial score (nSPS) is 24.2. The number of nitrogens with zero attached hydrogens (tertiary/aromatic N) is 2. The molecule has 0 aromatic carbocycles. The van der Waals surface area contributed by atoms with Crippen LogP contribution in [0, 0.1) is 5.92 Å². The molecule has 0 unspecified atom stereocenters. The van der Waals surface area contributed by atoms with Crippen molar-refractivity contribution in [3.05, 3.63) is 16.9 Å². The predicted molar refractivity (Wildman–Crippen MR) is 76.8 cm³/mol. The van der Waals surface area contributed by atoms with Crippen LogP contribution in [0.5, 0.6) is 0 Å². The topological polar surface area (TPSA) is 44.1 Å². The molecule has 0 bridgehead atoms. The van der Waals surface area contributed by atoms with Gasteiger partial charge in [0.1, 0.15) is 5.60 Å². The van der Waals surface area contributed by atoms with Gasteiger partial charge in [0.15, 0.2) is 0 Å². The zero-order chi connectivity index (χ0) is 14.0. The lowest BCUT2D eigenvalue weighted by molar-refractivity contribution is -0.161. The summed E-state index contributed by atoms with van der Waals surface area (Å²) in [6, 6.07) is 0.407. The van der Waals surface area contributed by atoms with Gasteiger partial charge in [0, 0.05) is 6.20 Å². The molecule has 0 amide bonds. The van der Waals surface area contributed by atoms with E-state index >= 15 is 0 Å². The van der Waals surface area contributed by atoms with Gasteiger partial charge in [-0.15, -0.1) is 0 Å². The molecule has 4 nitrogen and oxygen atoms in total. The maximum Gasteiger partial charge on any atom is 0.309 e. The van der Waals surface area contributed by atoms with Crippen molar-refractivity contribution in [3.63, 3.8) is 0 Å². The van der Waals surface area contributed by atoms with Gasteiger partial charge in [0.2, 0.25) is 0 Å². The summed E-state index contributed by atoms with van der Waals surface area (Å²) >= 11 is 3.41. The number of rotatable bonds is 2. The molecular formula is C14H21BrN2O2. The molecule has 0 atom stereocenters. The molecule has 0 radical (unpaired) electrons. The van der Waals surface area contributed by atoms with Gasteiger partial charge in [-0.2, -0.15) is 5.10 Å². The Morgan fingerprint density at radius 3 is 2.47 bits per heavy atom. The number of hydrogen-bond acceptors (Lipinski definition) is 3. The minimum Gasteiger partial charge on any atom is -0.460 e. The minimum absolute atomic E-state index is 0.0485. The van der Waals surface area contributed by atoms with Crippen LogP contribution in [0.2, 0.25) is 0 Å². The Hall–Kier alpha value is -0.840. The number of ether oxygens (including phenoxy) is 1. The molecule has 1 saturated carbocycles. The molecule has 1 aliphatic carbocycles. The van der Waals surface area contributed by atoms with Crippen molar-refractivity contribution in [1.82, 2.24) is 9.78 Å². The van der Waals surface area contributed by atoms with E-state index in [1.165, 1.54) is 0 Å². The number of esters is 1. The summed E-state index contributed by atoms with van der Waals surface area (Å²) in [5.74, 6) is 0.00192. The molecule has 0 aliphatic heterocycles. The SMILES string of the molecule is CC(C)(C)OC(=O)C1CCC(n2cc(Br)cn2)CC1. The van der Waals surface area contributed by atoms with E-state index in [2.05, 4.69) is 21.0 Å². The fourth-order valence-corrected chi connectivity index (χ4v) is 2.78. The van der Waals surface area contributed by atoms with Gasteiger partial charge >= 0.3 is 5.97 Å².